The summed E-state index contributed by atoms with van der Waals surface area (Å²) in [6.45, 7) is 4.91. The first-order valence-electron chi connectivity index (χ1n) is 6.42. The quantitative estimate of drug-likeness (QED) is 0.830. The van der Waals surface area contributed by atoms with E-state index in [2.05, 4.69) is 15.3 Å². The van der Waals surface area contributed by atoms with Crippen LogP contribution in [0.25, 0.3) is 0 Å². The van der Waals surface area contributed by atoms with Crippen LogP contribution in [0.1, 0.15) is 26.8 Å². The zero-order valence-corrected chi connectivity index (χ0v) is 12.4. The summed E-state index contributed by atoms with van der Waals surface area (Å²) < 4.78 is 5.49. The largest absolute Gasteiger partial charge is 0.492 e. The van der Waals surface area contributed by atoms with E-state index >= 15 is 0 Å². The zero-order chi connectivity index (χ0) is 14.4. The number of amides is 1. The SMILES string of the molecule is Cc1nc(C(=O)NCCCOc2cccnc2)c(C)s1. The summed E-state index contributed by atoms with van der Waals surface area (Å²) in [7, 11) is 0. The summed E-state index contributed by atoms with van der Waals surface area (Å²) in [4.78, 5) is 21.0. The van der Waals surface area contributed by atoms with Gasteiger partial charge < -0.3 is 10.1 Å². The van der Waals surface area contributed by atoms with Crippen LogP contribution in [-0.2, 0) is 0 Å². The minimum absolute atomic E-state index is 0.117. The number of hydrogen-bond donors (Lipinski definition) is 1. The summed E-state index contributed by atoms with van der Waals surface area (Å²) in [6.07, 6.45) is 4.11. The van der Waals surface area contributed by atoms with Gasteiger partial charge >= 0.3 is 0 Å². The third kappa shape index (κ3) is 4.03. The molecule has 2 heterocycles. The first kappa shape index (κ1) is 14.5. The van der Waals surface area contributed by atoms with Crippen molar-refractivity contribution in [2.24, 2.45) is 0 Å². The van der Waals surface area contributed by atoms with E-state index in [4.69, 9.17) is 4.74 Å². The lowest BCUT2D eigenvalue weighted by molar-refractivity contribution is 0.0946. The van der Waals surface area contributed by atoms with Crippen molar-refractivity contribution in [2.75, 3.05) is 13.2 Å². The molecule has 0 fully saturated rings. The van der Waals surface area contributed by atoms with Crippen molar-refractivity contribution in [2.45, 2.75) is 20.3 Å². The van der Waals surface area contributed by atoms with Gasteiger partial charge in [-0.2, -0.15) is 0 Å². The second kappa shape index (κ2) is 7.00. The van der Waals surface area contributed by atoms with Gasteiger partial charge in [-0.15, -0.1) is 11.3 Å². The van der Waals surface area contributed by atoms with Crippen molar-refractivity contribution in [1.82, 2.24) is 15.3 Å². The molecule has 0 aliphatic heterocycles. The van der Waals surface area contributed by atoms with Crippen molar-refractivity contribution in [1.29, 1.82) is 0 Å². The van der Waals surface area contributed by atoms with Gasteiger partial charge in [-0.3, -0.25) is 9.78 Å². The summed E-state index contributed by atoms with van der Waals surface area (Å²) in [6, 6.07) is 3.68. The number of nitrogens with zero attached hydrogens (tertiary/aromatic N) is 2. The Morgan fingerprint density at radius 1 is 1.45 bits per heavy atom. The lowest BCUT2D eigenvalue weighted by Crippen LogP contribution is -2.26. The Labute approximate surface area is 122 Å². The van der Waals surface area contributed by atoms with Gasteiger partial charge in [0.2, 0.25) is 0 Å². The molecule has 5 nitrogen and oxygen atoms in total. The lowest BCUT2D eigenvalue weighted by atomic mass is 10.3. The number of thiazole rings is 1. The first-order chi connectivity index (χ1) is 9.66. The van der Waals surface area contributed by atoms with Crippen molar-refractivity contribution in [3.8, 4) is 5.75 Å². The van der Waals surface area contributed by atoms with Gasteiger partial charge in [0.05, 0.1) is 17.8 Å². The second-order valence-electron chi connectivity index (χ2n) is 4.28. The molecule has 1 N–H and O–H groups in total. The van der Waals surface area contributed by atoms with Gasteiger partial charge in [-0.05, 0) is 32.4 Å². The summed E-state index contributed by atoms with van der Waals surface area (Å²) in [5, 5.41) is 3.76. The van der Waals surface area contributed by atoms with Crippen molar-refractivity contribution in [3.63, 3.8) is 0 Å². The highest BCUT2D eigenvalue weighted by molar-refractivity contribution is 7.11. The smallest absolute Gasteiger partial charge is 0.271 e. The molecular formula is C14H17N3O2S. The molecule has 0 spiro atoms. The highest BCUT2D eigenvalue weighted by atomic mass is 32.1. The summed E-state index contributed by atoms with van der Waals surface area (Å²) in [5.41, 5.74) is 0.528. The van der Waals surface area contributed by atoms with E-state index in [1.807, 2.05) is 26.0 Å². The van der Waals surface area contributed by atoms with E-state index < -0.39 is 0 Å². The molecule has 2 aromatic rings. The Morgan fingerprint density at radius 3 is 2.95 bits per heavy atom. The number of pyridine rings is 1. The van der Waals surface area contributed by atoms with Gasteiger partial charge in [0.1, 0.15) is 11.4 Å². The molecular weight excluding hydrogens is 274 g/mol. The fraction of sp³-hybridized carbons (Fsp3) is 0.357. The Bertz CT molecular complexity index is 569. The minimum Gasteiger partial charge on any atom is -0.492 e. The summed E-state index contributed by atoms with van der Waals surface area (Å²) >= 11 is 1.53. The van der Waals surface area contributed by atoms with Crippen molar-refractivity contribution >= 4 is 17.2 Å². The van der Waals surface area contributed by atoms with Crippen LogP contribution >= 0.6 is 11.3 Å². The summed E-state index contributed by atoms with van der Waals surface area (Å²) in [5.74, 6) is 0.623. The number of aryl methyl sites for hydroxylation is 2. The van der Waals surface area contributed by atoms with Crippen LogP contribution < -0.4 is 10.1 Å². The zero-order valence-electron chi connectivity index (χ0n) is 11.5. The topological polar surface area (TPSA) is 64.1 Å². The predicted molar refractivity (Wildman–Crippen MR) is 78.3 cm³/mol. The third-order valence-electron chi connectivity index (χ3n) is 2.63. The molecule has 6 heteroatoms. The van der Waals surface area contributed by atoms with Crippen LogP contribution in [-0.4, -0.2) is 29.0 Å². The van der Waals surface area contributed by atoms with E-state index in [9.17, 15) is 4.79 Å². The molecule has 106 valence electrons. The maximum atomic E-state index is 11.9. The van der Waals surface area contributed by atoms with E-state index in [0.29, 0.717) is 18.8 Å². The van der Waals surface area contributed by atoms with E-state index in [1.54, 1.807) is 12.4 Å². The fourth-order valence-electron chi connectivity index (χ4n) is 1.72. The number of aromatic nitrogens is 2. The van der Waals surface area contributed by atoms with Gasteiger partial charge in [-0.25, -0.2) is 4.98 Å². The van der Waals surface area contributed by atoms with Gasteiger partial charge in [-0.1, -0.05) is 0 Å². The van der Waals surface area contributed by atoms with Crippen LogP contribution in [0.15, 0.2) is 24.5 Å². The van der Waals surface area contributed by atoms with Gasteiger partial charge in [0.15, 0.2) is 0 Å². The molecule has 0 radical (unpaired) electrons. The molecule has 2 rings (SSSR count). The molecule has 0 atom stereocenters. The first-order valence-corrected chi connectivity index (χ1v) is 7.23. The minimum atomic E-state index is -0.117. The number of carbonyl (C=O) groups excluding carboxylic acids is 1. The fourth-order valence-corrected chi connectivity index (χ4v) is 2.53. The highest BCUT2D eigenvalue weighted by Crippen LogP contribution is 2.16. The number of rotatable bonds is 6. The maximum Gasteiger partial charge on any atom is 0.271 e. The Morgan fingerprint density at radius 2 is 2.30 bits per heavy atom. The molecule has 0 aliphatic carbocycles. The lowest BCUT2D eigenvalue weighted by Gasteiger charge is -2.06. The van der Waals surface area contributed by atoms with Crippen LogP contribution in [0.3, 0.4) is 0 Å². The normalized spacial score (nSPS) is 10.3. The number of carbonyl (C=O) groups is 1. The van der Waals surface area contributed by atoms with E-state index in [0.717, 1.165) is 22.1 Å². The van der Waals surface area contributed by atoms with Crippen LogP contribution in [0, 0.1) is 13.8 Å². The van der Waals surface area contributed by atoms with E-state index in [1.165, 1.54) is 11.3 Å². The molecule has 0 aliphatic rings. The highest BCUT2D eigenvalue weighted by Gasteiger charge is 2.12. The number of nitrogens with one attached hydrogen (secondary N) is 1. The molecule has 0 saturated carbocycles. The Balaban J connectivity index is 1.68. The van der Waals surface area contributed by atoms with Crippen LogP contribution in [0.5, 0.6) is 5.75 Å². The molecule has 0 aromatic carbocycles. The van der Waals surface area contributed by atoms with Crippen molar-refractivity contribution in [3.05, 3.63) is 40.1 Å². The van der Waals surface area contributed by atoms with E-state index in [-0.39, 0.29) is 5.91 Å². The third-order valence-corrected chi connectivity index (χ3v) is 3.51. The predicted octanol–water partition coefficient (Wildman–Crippen LogP) is 2.35. The monoisotopic (exact) mass is 291 g/mol. The molecule has 0 unspecified atom stereocenters. The van der Waals surface area contributed by atoms with Crippen LogP contribution in [0.4, 0.5) is 0 Å². The van der Waals surface area contributed by atoms with Crippen molar-refractivity contribution < 1.29 is 9.53 Å². The average molecular weight is 291 g/mol. The van der Waals surface area contributed by atoms with Gasteiger partial charge in [0.25, 0.3) is 5.91 Å². The van der Waals surface area contributed by atoms with Gasteiger partial charge in [0, 0.05) is 17.6 Å². The Hall–Kier alpha value is -1.95. The number of hydrogen-bond acceptors (Lipinski definition) is 5. The molecule has 0 bridgehead atoms. The molecule has 1 amide bonds. The Kier molecular flexibility index (Phi) is 5.06. The molecule has 2 aromatic heterocycles. The number of ether oxygens (including phenoxy) is 1. The molecule has 20 heavy (non-hydrogen) atoms. The van der Waals surface area contributed by atoms with Crippen LogP contribution in [0.2, 0.25) is 0 Å². The molecule has 0 saturated heterocycles. The second-order valence-corrected chi connectivity index (χ2v) is 5.69. The maximum absolute atomic E-state index is 11.9. The average Bonchev–Trinajstić information content (AvgIpc) is 2.78. The standard InChI is InChI=1S/C14H17N3O2S/c1-10-13(17-11(2)20-10)14(18)16-7-4-8-19-12-5-3-6-15-9-12/h3,5-6,9H,4,7-8H2,1-2H3,(H,16,18).